The van der Waals surface area contributed by atoms with Crippen molar-refractivity contribution in [1.29, 1.82) is 0 Å². The summed E-state index contributed by atoms with van der Waals surface area (Å²) in [6, 6.07) is 2.01. The summed E-state index contributed by atoms with van der Waals surface area (Å²) < 4.78 is 0. The second-order valence-electron chi connectivity index (χ2n) is 6.08. The molecule has 104 valence electrons. The van der Waals surface area contributed by atoms with Gasteiger partial charge in [0.1, 0.15) is 11.6 Å². The maximum atomic E-state index is 5.54. The third kappa shape index (κ3) is 2.89. The zero-order valence-electron chi connectivity index (χ0n) is 11.7. The second kappa shape index (κ2) is 5.45. The minimum atomic E-state index is 0.536. The van der Waals surface area contributed by atoms with Crippen molar-refractivity contribution in [2.24, 2.45) is 11.8 Å². The average Bonchev–Trinajstić information content (AvgIpc) is 3.31. The Balaban J connectivity index is 1.77. The summed E-state index contributed by atoms with van der Waals surface area (Å²) >= 11 is 0. The SMILES string of the molecule is CCC1CCC(c2nc(NN)cc(C3CC3)n2)CC1. The highest BCUT2D eigenvalue weighted by molar-refractivity contribution is 5.37. The van der Waals surface area contributed by atoms with Crippen LogP contribution in [0.3, 0.4) is 0 Å². The van der Waals surface area contributed by atoms with Gasteiger partial charge in [-0.2, -0.15) is 0 Å². The zero-order chi connectivity index (χ0) is 13.2. The molecule has 0 radical (unpaired) electrons. The number of nitrogens with zero attached hydrogens (tertiary/aromatic N) is 2. The van der Waals surface area contributed by atoms with Gasteiger partial charge in [0.05, 0.1) is 0 Å². The molecule has 1 aromatic heterocycles. The molecule has 19 heavy (non-hydrogen) atoms. The van der Waals surface area contributed by atoms with Crippen LogP contribution in [0.1, 0.15) is 75.2 Å². The first kappa shape index (κ1) is 12.9. The Hall–Kier alpha value is -1.16. The summed E-state index contributed by atoms with van der Waals surface area (Å²) in [4.78, 5) is 9.40. The molecule has 0 amide bonds. The third-order valence-electron chi connectivity index (χ3n) is 4.70. The van der Waals surface area contributed by atoms with E-state index in [2.05, 4.69) is 17.3 Å². The van der Waals surface area contributed by atoms with E-state index in [0.717, 1.165) is 17.6 Å². The first-order valence-corrected chi connectivity index (χ1v) is 7.65. The standard InChI is InChI=1S/C15H24N4/c1-2-10-3-5-12(6-4-10)15-17-13(11-7-8-11)9-14(18-15)19-16/h9-12H,2-8,16H2,1H3,(H,17,18,19). The van der Waals surface area contributed by atoms with Crippen molar-refractivity contribution >= 4 is 5.82 Å². The van der Waals surface area contributed by atoms with Crippen molar-refractivity contribution in [3.8, 4) is 0 Å². The number of anilines is 1. The summed E-state index contributed by atoms with van der Waals surface area (Å²) in [5, 5.41) is 0. The van der Waals surface area contributed by atoms with Gasteiger partial charge >= 0.3 is 0 Å². The number of nitrogen functional groups attached to an aromatic ring is 1. The lowest BCUT2D eigenvalue weighted by atomic mass is 9.80. The van der Waals surface area contributed by atoms with Crippen LogP contribution in [0.4, 0.5) is 5.82 Å². The molecule has 3 rings (SSSR count). The Morgan fingerprint density at radius 3 is 2.37 bits per heavy atom. The largest absolute Gasteiger partial charge is 0.308 e. The molecule has 0 spiro atoms. The maximum Gasteiger partial charge on any atom is 0.143 e. The molecule has 4 nitrogen and oxygen atoms in total. The van der Waals surface area contributed by atoms with Gasteiger partial charge in [-0.05, 0) is 44.4 Å². The van der Waals surface area contributed by atoms with Crippen LogP contribution in [-0.2, 0) is 0 Å². The average molecular weight is 260 g/mol. The first-order chi connectivity index (χ1) is 9.30. The fraction of sp³-hybridized carbons (Fsp3) is 0.733. The fourth-order valence-corrected chi connectivity index (χ4v) is 3.16. The molecular weight excluding hydrogens is 236 g/mol. The quantitative estimate of drug-likeness (QED) is 0.644. The maximum absolute atomic E-state index is 5.54. The van der Waals surface area contributed by atoms with Gasteiger partial charge in [-0.3, -0.25) is 0 Å². The van der Waals surface area contributed by atoms with Crippen LogP contribution >= 0.6 is 0 Å². The lowest BCUT2D eigenvalue weighted by molar-refractivity contribution is 0.312. The number of aromatic nitrogens is 2. The van der Waals surface area contributed by atoms with Crippen LogP contribution in [0, 0.1) is 5.92 Å². The molecule has 1 heterocycles. The predicted molar refractivity (Wildman–Crippen MR) is 76.8 cm³/mol. The minimum Gasteiger partial charge on any atom is -0.308 e. The fourth-order valence-electron chi connectivity index (χ4n) is 3.16. The van der Waals surface area contributed by atoms with Gasteiger partial charge < -0.3 is 5.43 Å². The molecule has 0 aliphatic heterocycles. The van der Waals surface area contributed by atoms with Gasteiger partial charge in [-0.25, -0.2) is 15.8 Å². The Morgan fingerprint density at radius 2 is 1.79 bits per heavy atom. The molecule has 3 N–H and O–H groups in total. The number of hydrazine groups is 1. The van der Waals surface area contributed by atoms with Gasteiger partial charge in [0, 0.05) is 23.6 Å². The lowest BCUT2D eigenvalue weighted by Crippen LogP contribution is -2.17. The number of nitrogens with two attached hydrogens (primary N) is 1. The zero-order valence-corrected chi connectivity index (χ0v) is 11.7. The summed E-state index contributed by atoms with van der Waals surface area (Å²) in [5.41, 5.74) is 3.89. The van der Waals surface area contributed by atoms with Crippen LogP contribution in [0.25, 0.3) is 0 Å². The van der Waals surface area contributed by atoms with E-state index in [9.17, 15) is 0 Å². The van der Waals surface area contributed by atoms with E-state index in [1.807, 2.05) is 6.07 Å². The van der Waals surface area contributed by atoms with E-state index in [1.165, 1.54) is 50.6 Å². The predicted octanol–water partition coefficient (Wildman–Crippen LogP) is 3.32. The number of hydrogen-bond donors (Lipinski definition) is 2. The summed E-state index contributed by atoms with van der Waals surface area (Å²) in [6.45, 7) is 2.30. The summed E-state index contributed by atoms with van der Waals surface area (Å²) in [5.74, 6) is 9.44. The molecule has 2 aliphatic rings. The smallest absolute Gasteiger partial charge is 0.143 e. The molecule has 2 saturated carbocycles. The van der Waals surface area contributed by atoms with Crippen LogP contribution in [0.15, 0.2) is 6.07 Å². The van der Waals surface area contributed by atoms with Crippen molar-refractivity contribution in [2.45, 2.75) is 63.7 Å². The summed E-state index contributed by atoms with van der Waals surface area (Å²) in [7, 11) is 0. The Bertz CT molecular complexity index is 434. The molecule has 0 atom stereocenters. The minimum absolute atomic E-state index is 0.536. The number of nitrogens with one attached hydrogen (secondary N) is 1. The van der Waals surface area contributed by atoms with E-state index in [4.69, 9.17) is 10.8 Å². The second-order valence-corrected chi connectivity index (χ2v) is 6.08. The molecule has 0 saturated heterocycles. The van der Waals surface area contributed by atoms with Crippen LogP contribution in [0.2, 0.25) is 0 Å². The van der Waals surface area contributed by atoms with E-state index in [0.29, 0.717) is 11.8 Å². The van der Waals surface area contributed by atoms with Crippen molar-refractivity contribution in [1.82, 2.24) is 9.97 Å². The van der Waals surface area contributed by atoms with Gasteiger partial charge in [0.15, 0.2) is 0 Å². The van der Waals surface area contributed by atoms with E-state index >= 15 is 0 Å². The Morgan fingerprint density at radius 1 is 1.11 bits per heavy atom. The van der Waals surface area contributed by atoms with Gasteiger partial charge in [0.25, 0.3) is 0 Å². The van der Waals surface area contributed by atoms with E-state index in [-0.39, 0.29) is 0 Å². The molecule has 0 unspecified atom stereocenters. The molecular formula is C15H24N4. The molecule has 2 fully saturated rings. The van der Waals surface area contributed by atoms with Crippen LogP contribution in [0.5, 0.6) is 0 Å². The van der Waals surface area contributed by atoms with Crippen molar-refractivity contribution in [3.63, 3.8) is 0 Å². The third-order valence-corrected chi connectivity index (χ3v) is 4.70. The molecule has 0 bridgehead atoms. The topological polar surface area (TPSA) is 63.8 Å². The number of hydrogen-bond acceptors (Lipinski definition) is 4. The highest BCUT2D eigenvalue weighted by atomic mass is 15.3. The highest BCUT2D eigenvalue weighted by Crippen LogP contribution is 2.41. The molecule has 1 aromatic rings. The van der Waals surface area contributed by atoms with Gasteiger partial charge in [0.2, 0.25) is 0 Å². The Kier molecular flexibility index (Phi) is 3.69. The van der Waals surface area contributed by atoms with Crippen LogP contribution < -0.4 is 11.3 Å². The van der Waals surface area contributed by atoms with Crippen molar-refractivity contribution in [2.75, 3.05) is 5.43 Å². The monoisotopic (exact) mass is 260 g/mol. The molecule has 2 aliphatic carbocycles. The van der Waals surface area contributed by atoms with Crippen LogP contribution in [-0.4, -0.2) is 9.97 Å². The normalized spacial score (nSPS) is 27.3. The highest BCUT2D eigenvalue weighted by Gasteiger charge is 2.28. The van der Waals surface area contributed by atoms with Crippen molar-refractivity contribution < 1.29 is 0 Å². The molecule has 4 heteroatoms. The number of rotatable bonds is 4. The summed E-state index contributed by atoms with van der Waals surface area (Å²) in [6.07, 6.45) is 8.96. The molecule has 0 aromatic carbocycles. The van der Waals surface area contributed by atoms with Gasteiger partial charge in [-0.1, -0.05) is 13.3 Å². The van der Waals surface area contributed by atoms with E-state index < -0.39 is 0 Å². The Labute approximate surface area is 115 Å². The first-order valence-electron chi connectivity index (χ1n) is 7.65. The lowest BCUT2D eigenvalue weighted by Gasteiger charge is -2.27. The van der Waals surface area contributed by atoms with Crippen molar-refractivity contribution in [3.05, 3.63) is 17.6 Å². The van der Waals surface area contributed by atoms with E-state index in [1.54, 1.807) is 0 Å². The van der Waals surface area contributed by atoms with Gasteiger partial charge in [-0.15, -0.1) is 0 Å².